The number of methoxy groups -OCH3 is 1. The summed E-state index contributed by atoms with van der Waals surface area (Å²) in [5, 5.41) is 0. The summed E-state index contributed by atoms with van der Waals surface area (Å²) in [4.78, 5) is 11.6. The number of hydrogen-bond donors (Lipinski definition) is 0. The molecule has 82 valence electrons. The molecule has 0 aromatic heterocycles. The fraction of sp³-hybridized carbons (Fsp3) is 0.308. The van der Waals surface area contributed by atoms with E-state index in [1.165, 1.54) is 0 Å². The lowest BCUT2D eigenvalue weighted by Gasteiger charge is -2.19. The van der Waals surface area contributed by atoms with E-state index >= 15 is 0 Å². The van der Waals surface area contributed by atoms with Crippen molar-refractivity contribution in [2.75, 3.05) is 7.11 Å². The van der Waals surface area contributed by atoms with Gasteiger partial charge < -0.3 is 9.47 Å². The van der Waals surface area contributed by atoms with Crippen LogP contribution in [0.5, 0.6) is 11.5 Å². The van der Waals surface area contributed by atoms with E-state index in [1.807, 2.05) is 18.2 Å². The van der Waals surface area contributed by atoms with E-state index in [0.29, 0.717) is 12.8 Å². The van der Waals surface area contributed by atoms with E-state index in [-0.39, 0.29) is 5.78 Å². The number of rotatable bonds is 1. The number of carbonyl (C=O) groups is 1. The predicted octanol–water partition coefficient (Wildman–Crippen LogP) is 2.25. The van der Waals surface area contributed by atoms with Crippen LogP contribution < -0.4 is 9.47 Å². The van der Waals surface area contributed by atoms with Crippen molar-refractivity contribution in [2.45, 2.75) is 19.3 Å². The van der Waals surface area contributed by atoms with Crippen LogP contribution in [0.15, 0.2) is 29.5 Å². The molecule has 1 aromatic rings. The summed E-state index contributed by atoms with van der Waals surface area (Å²) in [5.41, 5.74) is 1.92. The van der Waals surface area contributed by atoms with Crippen LogP contribution in [0.1, 0.15) is 18.4 Å². The zero-order chi connectivity index (χ0) is 11.1. The van der Waals surface area contributed by atoms with Gasteiger partial charge in [0.1, 0.15) is 17.3 Å². The average Bonchev–Trinajstić information content (AvgIpc) is 2.67. The fourth-order valence-electron chi connectivity index (χ4n) is 2.22. The third kappa shape index (κ3) is 1.32. The molecule has 1 aromatic carbocycles. The molecule has 0 bridgehead atoms. The lowest BCUT2D eigenvalue weighted by molar-refractivity contribution is -0.115. The van der Waals surface area contributed by atoms with Crippen LogP contribution in [0.2, 0.25) is 0 Å². The molecule has 3 heteroatoms. The van der Waals surface area contributed by atoms with Gasteiger partial charge >= 0.3 is 0 Å². The SMILES string of the molecule is COc1ccc2c(c1)OC1=C(C2)C(=O)CC1. The van der Waals surface area contributed by atoms with E-state index in [9.17, 15) is 4.79 Å². The highest BCUT2D eigenvalue weighted by atomic mass is 16.5. The quantitative estimate of drug-likeness (QED) is 0.722. The average molecular weight is 216 g/mol. The number of ether oxygens (including phenoxy) is 2. The van der Waals surface area contributed by atoms with Crippen molar-refractivity contribution >= 4 is 5.78 Å². The number of carbonyl (C=O) groups excluding carboxylic acids is 1. The number of Topliss-reactive ketones (excluding diaryl/α,β-unsaturated/α-hetero) is 1. The molecular weight excluding hydrogens is 204 g/mol. The zero-order valence-corrected chi connectivity index (χ0v) is 9.08. The Bertz CT molecular complexity index is 500. The third-order valence-electron chi connectivity index (χ3n) is 3.13. The highest BCUT2D eigenvalue weighted by molar-refractivity contribution is 5.99. The number of benzene rings is 1. The lowest BCUT2D eigenvalue weighted by atomic mass is 10.0. The molecule has 1 aliphatic heterocycles. The van der Waals surface area contributed by atoms with Gasteiger partial charge in [-0.3, -0.25) is 4.79 Å². The first-order chi connectivity index (χ1) is 7.78. The third-order valence-corrected chi connectivity index (χ3v) is 3.13. The van der Waals surface area contributed by atoms with Gasteiger partial charge in [0.25, 0.3) is 0 Å². The number of fused-ring (bicyclic) bond motifs is 1. The Morgan fingerprint density at radius 3 is 3.00 bits per heavy atom. The molecule has 0 atom stereocenters. The molecule has 3 rings (SSSR count). The molecule has 0 N–H and O–H groups in total. The minimum atomic E-state index is 0.233. The van der Waals surface area contributed by atoms with Gasteiger partial charge in [0.2, 0.25) is 0 Å². The van der Waals surface area contributed by atoms with E-state index in [1.54, 1.807) is 7.11 Å². The Morgan fingerprint density at radius 1 is 1.31 bits per heavy atom. The molecule has 0 saturated carbocycles. The zero-order valence-electron chi connectivity index (χ0n) is 9.08. The maximum Gasteiger partial charge on any atom is 0.163 e. The Labute approximate surface area is 93.7 Å². The normalized spacial score (nSPS) is 17.9. The largest absolute Gasteiger partial charge is 0.497 e. The fourth-order valence-corrected chi connectivity index (χ4v) is 2.22. The van der Waals surface area contributed by atoms with Crippen molar-refractivity contribution in [1.29, 1.82) is 0 Å². The maximum atomic E-state index is 11.6. The first kappa shape index (κ1) is 9.46. The first-order valence-corrected chi connectivity index (χ1v) is 5.38. The monoisotopic (exact) mass is 216 g/mol. The molecule has 0 unspecified atom stereocenters. The molecule has 16 heavy (non-hydrogen) atoms. The maximum absolute atomic E-state index is 11.6. The van der Waals surface area contributed by atoms with Gasteiger partial charge in [-0.05, 0) is 11.6 Å². The van der Waals surface area contributed by atoms with Crippen LogP contribution in [-0.2, 0) is 11.2 Å². The number of allylic oxidation sites excluding steroid dienone is 2. The Morgan fingerprint density at radius 2 is 2.19 bits per heavy atom. The van der Waals surface area contributed by atoms with Crippen molar-refractivity contribution in [1.82, 2.24) is 0 Å². The van der Waals surface area contributed by atoms with Crippen LogP contribution in [0.4, 0.5) is 0 Å². The molecular formula is C13H12O3. The van der Waals surface area contributed by atoms with Gasteiger partial charge in [0.15, 0.2) is 5.78 Å². The highest BCUT2D eigenvalue weighted by Crippen LogP contribution is 2.38. The summed E-state index contributed by atoms with van der Waals surface area (Å²) in [6.07, 6.45) is 2.04. The minimum Gasteiger partial charge on any atom is -0.497 e. The Hall–Kier alpha value is -1.77. The second kappa shape index (κ2) is 3.37. The lowest BCUT2D eigenvalue weighted by Crippen LogP contribution is -2.10. The van der Waals surface area contributed by atoms with Gasteiger partial charge in [-0.15, -0.1) is 0 Å². The van der Waals surface area contributed by atoms with E-state index in [2.05, 4.69) is 0 Å². The number of ketones is 1. The van der Waals surface area contributed by atoms with Crippen LogP contribution >= 0.6 is 0 Å². The smallest absolute Gasteiger partial charge is 0.163 e. The van der Waals surface area contributed by atoms with Crippen LogP contribution in [0.3, 0.4) is 0 Å². The summed E-state index contributed by atoms with van der Waals surface area (Å²) < 4.78 is 10.9. The Kier molecular flexibility index (Phi) is 1.99. The van der Waals surface area contributed by atoms with Crippen LogP contribution in [-0.4, -0.2) is 12.9 Å². The summed E-state index contributed by atoms with van der Waals surface area (Å²) in [7, 11) is 1.63. The van der Waals surface area contributed by atoms with Crippen molar-refractivity contribution in [3.8, 4) is 11.5 Å². The predicted molar refractivity (Wildman–Crippen MR) is 58.6 cm³/mol. The van der Waals surface area contributed by atoms with E-state index < -0.39 is 0 Å². The molecule has 2 aliphatic rings. The molecule has 3 nitrogen and oxygen atoms in total. The Balaban J connectivity index is 2.00. The minimum absolute atomic E-state index is 0.233. The molecule has 1 heterocycles. The van der Waals surface area contributed by atoms with Gasteiger partial charge in [0.05, 0.1) is 7.11 Å². The molecule has 0 radical (unpaired) electrons. The number of hydrogen-bond acceptors (Lipinski definition) is 3. The summed E-state index contributed by atoms with van der Waals surface area (Å²) in [6, 6.07) is 5.73. The topological polar surface area (TPSA) is 35.5 Å². The molecule has 0 fully saturated rings. The van der Waals surface area contributed by atoms with Crippen LogP contribution in [0, 0.1) is 0 Å². The van der Waals surface area contributed by atoms with Gasteiger partial charge in [-0.1, -0.05) is 6.07 Å². The summed E-state index contributed by atoms with van der Waals surface area (Å²) in [5.74, 6) is 2.70. The standard InChI is InChI=1S/C13H12O3/c1-15-9-3-2-8-6-10-11(14)4-5-12(10)16-13(8)7-9/h2-3,7H,4-6H2,1H3. The summed E-state index contributed by atoms with van der Waals surface area (Å²) >= 11 is 0. The van der Waals surface area contributed by atoms with Crippen molar-refractivity contribution in [2.24, 2.45) is 0 Å². The molecule has 0 saturated heterocycles. The van der Waals surface area contributed by atoms with Crippen molar-refractivity contribution in [3.05, 3.63) is 35.1 Å². The second-order valence-corrected chi connectivity index (χ2v) is 4.08. The first-order valence-electron chi connectivity index (χ1n) is 5.38. The molecule has 0 spiro atoms. The van der Waals surface area contributed by atoms with E-state index in [4.69, 9.17) is 9.47 Å². The highest BCUT2D eigenvalue weighted by Gasteiger charge is 2.29. The van der Waals surface area contributed by atoms with Gasteiger partial charge in [-0.2, -0.15) is 0 Å². The summed E-state index contributed by atoms with van der Waals surface area (Å²) in [6.45, 7) is 0. The van der Waals surface area contributed by atoms with Gasteiger partial charge in [-0.25, -0.2) is 0 Å². The van der Waals surface area contributed by atoms with Crippen molar-refractivity contribution in [3.63, 3.8) is 0 Å². The van der Waals surface area contributed by atoms with E-state index in [0.717, 1.165) is 34.8 Å². The van der Waals surface area contributed by atoms with Crippen molar-refractivity contribution < 1.29 is 14.3 Å². The molecule has 1 aliphatic carbocycles. The van der Waals surface area contributed by atoms with Gasteiger partial charge in [0, 0.05) is 30.9 Å². The van der Waals surface area contributed by atoms with Crippen LogP contribution in [0.25, 0.3) is 0 Å². The second-order valence-electron chi connectivity index (χ2n) is 4.08. The molecule has 0 amide bonds.